The number of nitrogens with zero attached hydrogens (tertiary/aromatic N) is 3. The van der Waals surface area contributed by atoms with E-state index in [9.17, 15) is 4.79 Å². The summed E-state index contributed by atoms with van der Waals surface area (Å²) in [5, 5.41) is 3.07. The highest BCUT2D eigenvalue weighted by atomic mass is 32.1. The van der Waals surface area contributed by atoms with Gasteiger partial charge in [0.25, 0.3) is 5.91 Å². The lowest BCUT2D eigenvalue weighted by Gasteiger charge is -2.34. The third-order valence-electron chi connectivity index (χ3n) is 4.80. The summed E-state index contributed by atoms with van der Waals surface area (Å²) < 4.78 is 0. The molecule has 23 heavy (non-hydrogen) atoms. The Morgan fingerprint density at radius 1 is 1.30 bits per heavy atom. The Labute approximate surface area is 144 Å². The SMILES string of the molecule is CC1CCc2sc(C(=O)N3CCN(c4nccs4)CC3)cc2C1. The largest absolute Gasteiger partial charge is 0.345 e. The number of anilines is 1. The molecular weight excluding hydrogens is 326 g/mol. The first kappa shape index (κ1) is 15.1. The van der Waals surface area contributed by atoms with E-state index in [0.29, 0.717) is 0 Å². The minimum atomic E-state index is 0.218. The maximum atomic E-state index is 12.8. The van der Waals surface area contributed by atoms with E-state index in [1.54, 1.807) is 22.7 Å². The van der Waals surface area contributed by atoms with Crippen molar-refractivity contribution in [1.29, 1.82) is 0 Å². The Bertz CT molecular complexity index is 687. The first-order chi connectivity index (χ1) is 11.2. The lowest BCUT2D eigenvalue weighted by molar-refractivity contribution is 0.0751. The number of carbonyl (C=O) groups excluding carboxylic acids is 1. The molecule has 0 saturated carbocycles. The summed E-state index contributed by atoms with van der Waals surface area (Å²) in [4.78, 5) is 23.8. The lowest BCUT2D eigenvalue weighted by atomic mass is 9.90. The first-order valence-electron chi connectivity index (χ1n) is 8.26. The predicted molar refractivity (Wildman–Crippen MR) is 95.7 cm³/mol. The number of fused-ring (bicyclic) bond motifs is 1. The summed E-state index contributed by atoms with van der Waals surface area (Å²) in [5.41, 5.74) is 1.42. The number of rotatable bonds is 2. The molecule has 2 aromatic heterocycles. The van der Waals surface area contributed by atoms with Crippen LogP contribution in [0.5, 0.6) is 0 Å². The van der Waals surface area contributed by atoms with Crippen LogP contribution in [0.4, 0.5) is 5.13 Å². The van der Waals surface area contributed by atoms with Crippen LogP contribution in [-0.2, 0) is 12.8 Å². The molecule has 2 aliphatic rings. The molecule has 1 fully saturated rings. The highest BCUT2D eigenvalue weighted by Crippen LogP contribution is 2.33. The number of hydrogen-bond donors (Lipinski definition) is 0. The van der Waals surface area contributed by atoms with Crippen LogP contribution in [0.2, 0.25) is 0 Å². The lowest BCUT2D eigenvalue weighted by Crippen LogP contribution is -2.48. The second kappa shape index (κ2) is 6.24. The third-order valence-corrected chi connectivity index (χ3v) is 6.85. The van der Waals surface area contributed by atoms with Crippen LogP contribution in [-0.4, -0.2) is 42.0 Å². The molecule has 0 aromatic carbocycles. The smallest absolute Gasteiger partial charge is 0.264 e. The number of hydrogen-bond acceptors (Lipinski definition) is 5. The fourth-order valence-corrected chi connectivity index (χ4v) is 5.31. The zero-order valence-corrected chi connectivity index (χ0v) is 15.0. The highest BCUT2D eigenvalue weighted by Gasteiger charge is 2.26. The van der Waals surface area contributed by atoms with Gasteiger partial charge >= 0.3 is 0 Å². The van der Waals surface area contributed by atoms with Crippen LogP contribution in [0.1, 0.15) is 33.5 Å². The molecule has 0 bridgehead atoms. The summed E-state index contributed by atoms with van der Waals surface area (Å²) in [6.07, 6.45) is 5.38. The van der Waals surface area contributed by atoms with Crippen LogP contribution < -0.4 is 4.90 Å². The number of aromatic nitrogens is 1. The Morgan fingerprint density at radius 3 is 2.87 bits per heavy atom. The molecule has 0 spiro atoms. The molecule has 6 heteroatoms. The molecule has 4 rings (SSSR count). The Morgan fingerprint density at radius 2 is 2.13 bits per heavy atom. The molecule has 1 saturated heterocycles. The summed E-state index contributed by atoms with van der Waals surface area (Å²) in [6.45, 7) is 5.64. The fourth-order valence-electron chi connectivity index (χ4n) is 3.44. The molecule has 122 valence electrons. The van der Waals surface area contributed by atoms with E-state index in [1.807, 2.05) is 16.5 Å². The molecule has 1 aliphatic heterocycles. The van der Waals surface area contributed by atoms with E-state index in [2.05, 4.69) is 22.9 Å². The number of thiazole rings is 1. The average molecular weight is 348 g/mol. The zero-order valence-electron chi connectivity index (χ0n) is 13.3. The monoisotopic (exact) mass is 347 g/mol. The normalized spacial score (nSPS) is 21.3. The van der Waals surface area contributed by atoms with E-state index < -0.39 is 0 Å². The van der Waals surface area contributed by atoms with Gasteiger partial charge in [-0.3, -0.25) is 4.79 Å². The average Bonchev–Trinajstić information content (AvgIpc) is 3.23. The van der Waals surface area contributed by atoms with Gasteiger partial charge in [-0.1, -0.05) is 6.92 Å². The second-order valence-corrected chi connectivity index (χ2v) is 8.51. The molecule has 1 atom stereocenters. The van der Waals surface area contributed by atoms with E-state index in [-0.39, 0.29) is 5.91 Å². The summed E-state index contributed by atoms with van der Waals surface area (Å²) in [6, 6.07) is 2.16. The molecule has 1 unspecified atom stereocenters. The van der Waals surface area contributed by atoms with Gasteiger partial charge < -0.3 is 9.80 Å². The zero-order chi connectivity index (χ0) is 15.8. The fraction of sp³-hybridized carbons (Fsp3) is 0.529. The minimum absolute atomic E-state index is 0.218. The van der Waals surface area contributed by atoms with Gasteiger partial charge in [0.05, 0.1) is 4.88 Å². The summed E-state index contributed by atoms with van der Waals surface area (Å²) in [5.74, 6) is 0.970. The van der Waals surface area contributed by atoms with Crippen molar-refractivity contribution in [1.82, 2.24) is 9.88 Å². The minimum Gasteiger partial charge on any atom is -0.345 e. The van der Waals surface area contributed by atoms with Gasteiger partial charge in [0.2, 0.25) is 0 Å². The van der Waals surface area contributed by atoms with Crippen LogP contribution in [0, 0.1) is 5.92 Å². The Kier molecular flexibility index (Phi) is 4.11. The highest BCUT2D eigenvalue weighted by molar-refractivity contribution is 7.14. The molecule has 3 heterocycles. The molecule has 4 nitrogen and oxygen atoms in total. The van der Waals surface area contributed by atoms with Crippen LogP contribution >= 0.6 is 22.7 Å². The van der Waals surface area contributed by atoms with Crippen LogP contribution in [0.3, 0.4) is 0 Å². The van der Waals surface area contributed by atoms with E-state index in [4.69, 9.17) is 0 Å². The molecule has 2 aromatic rings. The standard InChI is InChI=1S/C17H21N3OS2/c1-12-2-3-14-13(10-12)11-15(23-14)16(21)19-5-7-20(8-6-19)17-18-4-9-22-17/h4,9,11-12H,2-3,5-8,10H2,1H3. The van der Waals surface area contributed by atoms with Crippen molar-refractivity contribution in [3.63, 3.8) is 0 Å². The molecule has 1 aliphatic carbocycles. The Balaban J connectivity index is 1.42. The van der Waals surface area contributed by atoms with Crippen molar-refractivity contribution in [3.8, 4) is 0 Å². The van der Waals surface area contributed by atoms with Crippen LogP contribution in [0.15, 0.2) is 17.6 Å². The second-order valence-electron chi connectivity index (χ2n) is 6.50. The van der Waals surface area contributed by atoms with Gasteiger partial charge in [0.15, 0.2) is 5.13 Å². The van der Waals surface area contributed by atoms with Gasteiger partial charge in [-0.15, -0.1) is 22.7 Å². The number of thiophene rings is 1. The van der Waals surface area contributed by atoms with Crippen molar-refractivity contribution in [2.24, 2.45) is 5.92 Å². The van der Waals surface area contributed by atoms with Crippen LogP contribution in [0.25, 0.3) is 0 Å². The topological polar surface area (TPSA) is 36.4 Å². The van der Waals surface area contributed by atoms with Crippen molar-refractivity contribution in [2.75, 3.05) is 31.1 Å². The van der Waals surface area contributed by atoms with Crippen molar-refractivity contribution >= 4 is 33.7 Å². The van der Waals surface area contributed by atoms with Gasteiger partial charge in [0, 0.05) is 42.6 Å². The van der Waals surface area contributed by atoms with Crippen molar-refractivity contribution in [2.45, 2.75) is 26.2 Å². The number of amides is 1. The number of piperazine rings is 1. The van der Waals surface area contributed by atoms with Gasteiger partial charge in [0.1, 0.15) is 0 Å². The molecule has 0 radical (unpaired) electrons. The number of carbonyl (C=O) groups is 1. The molecule has 0 N–H and O–H groups in total. The maximum Gasteiger partial charge on any atom is 0.264 e. The summed E-state index contributed by atoms with van der Waals surface area (Å²) in [7, 11) is 0. The van der Waals surface area contributed by atoms with Gasteiger partial charge in [-0.25, -0.2) is 4.98 Å². The van der Waals surface area contributed by atoms with Gasteiger partial charge in [-0.2, -0.15) is 0 Å². The van der Waals surface area contributed by atoms with E-state index >= 15 is 0 Å². The molecule has 1 amide bonds. The van der Waals surface area contributed by atoms with Gasteiger partial charge in [-0.05, 0) is 36.8 Å². The van der Waals surface area contributed by atoms with E-state index in [0.717, 1.165) is 54.9 Å². The first-order valence-corrected chi connectivity index (χ1v) is 9.95. The predicted octanol–water partition coefficient (Wildman–Crippen LogP) is 3.29. The Hall–Kier alpha value is -1.40. The van der Waals surface area contributed by atoms with Crippen molar-refractivity contribution < 1.29 is 4.79 Å². The summed E-state index contributed by atoms with van der Waals surface area (Å²) >= 11 is 3.39. The maximum absolute atomic E-state index is 12.8. The van der Waals surface area contributed by atoms with E-state index in [1.165, 1.54) is 16.9 Å². The molecular formula is C17H21N3OS2. The quantitative estimate of drug-likeness (QED) is 0.836. The number of aryl methyl sites for hydroxylation is 1. The third kappa shape index (κ3) is 3.02. The van der Waals surface area contributed by atoms with Crippen molar-refractivity contribution in [3.05, 3.63) is 33.0 Å².